The lowest BCUT2D eigenvalue weighted by molar-refractivity contribution is -0.138. The van der Waals surface area contributed by atoms with E-state index in [9.17, 15) is 22.7 Å². The number of anilines is 1. The molecule has 1 N–H and O–H groups in total. The molecule has 2 aliphatic rings. The molecule has 0 radical (unpaired) electrons. The van der Waals surface area contributed by atoms with Crippen LogP contribution in [-0.4, -0.2) is 36.5 Å². The Balaban J connectivity index is 1.60. The van der Waals surface area contributed by atoms with Crippen molar-refractivity contribution in [1.29, 1.82) is 0 Å². The van der Waals surface area contributed by atoms with Gasteiger partial charge in [-0.1, -0.05) is 0 Å². The number of piperidine rings is 1. The van der Waals surface area contributed by atoms with Crippen molar-refractivity contribution in [2.24, 2.45) is 5.92 Å². The molecule has 0 saturated carbocycles. The highest BCUT2D eigenvalue weighted by Crippen LogP contribution is 2.44. The maximum atomic E-state index is 13.5. The number of methoxy groups -OCH3 is 1. The summed E-state index contributed by atoms with van der Waals surface area (Å²) in [5.41, 5.74) is 1.57. The van der Waals surface area contributed by atoms with Crippen LogP contribution in [0.25, 0.3) is 0 Å². The van der Waals surface area contributed by atoms with Gasteiger partial charge in [0.2, 0.25) is 0 Å². The van der Waals surface area contributed by atoms with Crippen molar-refractivity contribution in [3.8, 4) is 5.75 Å². The highest BCUT2D eigenvalue weighted by molar-refractivity contribution is 5.63. The van der Waals surface area contributed by atoms with E-state index in [0.29, 0.717) is 43.7 Å². The van der Waals surface area contributed by atoms with Crippen LogP contribution in [0.5, 0.6) is 5.75 Å². The fourth-order valence-electron chi connectivity index (χ4n) is 4.52. The Morgan fingerprint density at radius 3 is 2.63 bits per heavy atom. The van der Waals surface area contributed by atoms with E-state index in [1.807, 2.05) is 6.07 Å². The Kier molecular flexibility index (Phi) is 5.61. The topological polar surface area (TPSA) is 45.6 Å². The zero-order chi connectivity index (χ0) is 21.5. The summed E-state index contributed by atoms with van der Waals surface area (Å²) in [5.74, 6) is 0.173. The van der Waals surface area contributed by atoms with E-state index >= 15 is 0 Å². The van der Waals surface area contributed by atoms with Gasteiger partial charge in [-0.15, -0.1) is 0 Å². The Morgan fingerprint density at radius 2 is 1.97 bits per heavy atom. The molecule has 1 saturated heterocycles. The second kappa shape index (κ2) is 8.06. The molecule has 2 heterocycles. The molecule has 1 aliphatic carbocycles. The lowest BCUT2D eigenvalue weighted by Crippen LogP contribution is -2.34. The zero-order valence-corrected chi connectivity index (χ0v) is 16.6. The monoisotopic (exact) mass is 424 g/mol. The fourth-order valence-corrected chi connectivity index (χ4v) is 4.52. The molecule has 4 nitrogen and oxygen atoms in total. The van der Waals surface area contributed by atoms with Gasteiger partial charge >= 0.3 is 6.18 Å². The van der Waals surface area contributed by atoms with Gasteiger partial charge in [0.05, 0.1) is 30.2 Å². The predicted octanol–water partition coefficient (Wildman–Crippen LogP) is 4.50. The number of aliphatic hydroxyl groups excluding tert-OH is 1. The molecule has 2 aromatic rings. The Bertz CT molecular complexity index is 910. The average molecular weight is 424 g/mol. The molecule has 0 spiro atoms. The van der Waals surface area contributed by atoms with E-state index in [0.717, 1.165) is 17.3 Å². The van der Waals surface area contributed by atoms with Crippen LogP contribution in [0.3, 0.4) is 0 Å². The first-order valence-electron chi connectivity index (χ1n) is 10.1. The molecule has 4 rings (SSSR count). The summed E-state index contributed by atoms with van der Waals surface area (Å²) in [6, 6.07) is 5.98. The van der Waals surface area contributed by atoms with Gasteiger partial charge in [-0.3, -0.25) is 4.98 Å². The number of fused-ring (bicyclic) bond motifs is 1. The average Bonchev–Trinajstić information content (AvgIpc) is 3.02. The summed E-state index contributed by atoms with van der Waals surface area (Å²) >= 11 is 0. The second-order valence-electron chi connectivity index (χ2n) is 7.99. The summed E-state index contributed by atoms with van der Waals surface area (Å²) in [5, 5.41) is 10.8. The Labute approximate surface area is 172 Å². The van der Waals surface area contributed by atoms with Crippen molar-refractivity contribution in [1.82, 2.24) is 4.98 Å². The second-order valence-corrected chi connectivity index (χ2v) is 7.99. The summed E-state index contributed by atoms with van der Waals surface area (Å²) in [6.45, 7) is 1.15. The number of pyridine rings is 1. The van der Waals surface area contributed by atoms with Gasteiger partial charge in [0, 0.05) is 19.3 Å². The predicted molar refractivity (Wildman–Crippen MR) is 104 cm³/mol. The minimum absolute atomic E-state index is 0.0242. The number of ether oxygens (including phenoxy) is 1. The van der Waals surface area contributed by atoms with Gasteiger partial charge < -0.3 is 14.7 Å². The van der Waals surface area contributed by atoms with Crippen LogP contribution in [-0.2, 0) is 19.0 Å². The Hall–Kier alpha value is -2.35. The third-order valence-corrected chi connectivity index (χ3v) is 6.10. The van der Waals surface area contributed by atoms with Gasteiger partial charge in [0.1, 0.15) is 11.9 Å². The van der Waals surface area contributed by atoms with Crippen molar-refractivity contribution in [2.75, 3.05) is 25.1 Å². The number of benzene rings is 1. The summed E-state index contributed by atoms with van der Waals surface area (Å²) in [7, 11) is 1.54. The number of halogens is 4. The molecular formula is C22H24F4N2O2. The fraction of sp³-hybridized carbons (Fsp3) is 0.500. The SMILES string of the molecule is COc1cc2c(cc1N1CCC(F)CC1)CC(Cc1ncccc1C(F)(F)F)C2O. The van der Waals surface area contributed by atoms with Gasteiger partial charge in [0.25, 0.3) is 0 Å². The van der Waals surface area contributed by atoms with E-state index in [2.05, 4.69) is 9.88 Å². The summed E-state index contributed by atoms with van der Waals surface area (Å²) in [4.78, 5) is 6.00. The number of nitrogens with zero attached hydrogens (tertiary/aromatic N) is 2. The van der Waals surface area contributed by atoms with Crippen LogP contribution in [0, 0.1) is 5.92 Å². The van der Waals surface area contributed by atoms with Crippen molar-refractivity contribution in [2.45, 2.75) is 44.1 Å². The molecule has 2 unspecified atom stereocenters. The summed E-state index contributed by atoms with van der Waals surface area (Å²) in [6.07, 6.45) is -3.47. The number of aromatic nitrogens is 1. The van der Waals surface area contributed by atoms with Gasteiger partial charge in [-0.2, -0.15) is 13.2 Å². The Morgan fingerprint density at radius 1 is 1.23 bits per heavy atom. The van der Waals surface area contributed by atoms with Crippen molar-refractivity contribution in [3.63, 3.8) is 0 Å². The molecular weight excluding hydrogens is 400 g/mol. The largest absolute Gasteiger partial charge is 0.495 e. The molecule has 30 heavy (non-hydrogen) atoms. The number of rotatable bonds is 4. The minimum Gasteiger partial charge on any atom is -0.495 e. The van der Waals surface area contributed by atoms with Crippen LogP contribution in [0.15, 0.2) is 30.5 Å². The van der Waals surface area contributed by atoms with E-state index in [1.165, 1.54) is 19.4 Å². The van der Waals surface area contributed by atoms with E-state index in [1.54, 1.807) is 6.07 Å². The van der Waals surface area contributed by atoms with E-state index in [4.69, 9.17) is 4.74 Å². The molecule has 2 atom stereocenters. The third kappa shape index (κ3) is 3.97. The van der Waals surface area contributed by atoms with Crippen LogP contribution in [0.1, 0.15) is 41.3 Å². The first kappa shape index (κ1) is 20.9. The first-order valence-corrected chi connectivity index (χ1v) is 10.1. The van der Waals surface area contributed by atoms with Crippen LogP contribution in [0.2, 0.25) is 0 Å². The van der Waals surface area contributed by atoms with E-state index in [-0.39, 0.29) is 12.1 Å². The molecule has 8 heteroatoms. The molecule has 1 aliphatic heterocycles. The lowest BCUT2D eigenvalue weighted by atomic mass is 9.95. The standard InChI is InChI=1S/C22H24F4N2O2/c1-30-20-12-16-13(11-19(20)28-7-4-15(23)5-8-28)9-14(21(16)29)10-18-17(22(24,25)26)3-2-6-27-18/h2-3,6,11-12,14-15,21,29H,4-5,7-10H2,1H3. The van der Waals surface area contributed by atoms with E-state index < -0.39 is 29.9 Å². The van der Waals surface area contributed by atoms with Crippen molar-refractivity contribution < 1.29 is 27.4 Å². The highest BCUT2D eigenvalue weighted by atomic mass is 19.4. The third-order valence-electron chi connectivity index (χ3n) is 6.10. The molecule has 162 valence electrons. The van der Waals surface area contributed by atoms with Crippen LogP contribution >= 0.6 is 0 Å². The maximum absolute atomic E-state index is 13.5. The smallest absolute Gasteiger partial charge is 0.418 e. The van der Waals surface area contributed by atoms with Gasteiger partial charge in [-0.05, 0) is 67.0 Å². The first-order chi connectivity index (χ1) is 14.3. The van der Waals surface area contributed by atoms with Crippen molar-refractivity contribution in [3.05, 3.63) is 52.8 Å². The number of aliphatic hydroxyl groups is 1. The molecule has 0 amide bonds. The maximum Gasteiger partial charge on any atom is 0.418 e. The number of hydrogen-bond donors (Lipinski definition) is 1. The molecule has 1 aromatic heterocycles. The quantitative estimate of drug-likeness (QED) is 0.735. The van der Waals surface area contributed by atoms with Gasteiger partial charge in [0.15, 0.2) is 0 Å². The molecule has 1 aromatic carbocycles. The zero-order valence-electron chi connectivity index (χ0n) is 16.6. The summed E-state index contributed by atoms with van der Waals surface area (Å²) < 4.78 is 59.0. The molecule has 1 fully saturated rings. The number of hydrogen-bond acceptors (Lipinski definition) is 4. The molecule has 0 bridgehead atoms. The number of alkyl halides is 4. The highest BCUT2D eigenvalue weighted by Gasteiger charge is 2.38. The van der Waals surface area contributed by atoms with Crippen molar-refractivity contribution >= 4 is 5.69 Å². The van der Waals surface area contributed by atoms with Crippen LogP contribution < -0.4 is 9.64 Å². The van der Waals surface area contributed by atoms with Gasteiger partial charge in [-0.25, -0.2) is 4.39 Å². The normalized spacial score (nSPS) is 22.3. The minimum atomic E-state index is -4.49. The lowest BCUT2D eigenvalue weighted by Gasteiger charge is -2.32. The van der Waals surface area contributed by atoms with Crippen LogP contribution in [0.4, 0.5) is 23.2 Å².